The van der Waals surface area contributed by atoms with Crippen LogP contribution in [0.1, 0.15) is 51.3 Å². The van der Waals surface area contributed by atoms with Crippen molar-refractivity contribution < 1.29 is 9.59 Å². The fraction of sp³-hybridized carbons (Fsp3) is 0.450. The number of benzene rings is 1. The number of thiazole rings is 1. The molecule has 0 saturated heterocycles. The summed E-state index contributed by atoms with van der Waals surface area (Å²) in [5.74, 6) is -0.291. The van der Waals surface area contributed by atoms with Crippen molar-refractivity contribution in [2.24, 2.45) is 5.92 Å². The number of nitrogens with zero attached hydrogens (tertiary/aromatic N) is 1. The van der Waals surface area contributed by atoms with Crippen LogP contribution in [0.5, 0.6) is 0 Å². The molecule has 140 valence electrons. The molecule has 1 heterocycles. The number of hydrogen-bond donors (Lipinski definition) is 2. The lowest BCUT2D eigenvalue weighted by molar-refractivity contribution is -0.119. The number of nitrogens with one attached hydrogen (secondary N) is 2. The Morgan fingerprint density at radius 3 is 2.50 bits per heavy atom. The summed E-state index contributed by atoms with van der Waals surface area (Å²) in [5, 5.41) is 7.97. The Hall–Kier alpha value is -2.21. The Kier molecular flexibility index (Phi) is 7.78. The third-order valence-corrected chi connectivity index (χ3v) is 4.76. The summed E-state index contributed by atoms with van der Waals surface area (Å²) in [6.45, 7) is 5.85. The number of aryl methyl sites for hydroxylation is 1. The molecular formula is C20H27N3O2S. The van der Waals surface area contributed by atoms with Gasteiger partial charge in [-0.25, -0.2) is 4.98 Å². The van der Waals surface area contributed by atoms with Crippen molar-refractivity contribution in [1.82, 2.24) is 4.98 Å². The van der Waals surface area contributed by atoms with E-state index in [1.54, 1.807) is 5.38 Å². The van der Waals surface area contributed by atoms with Crippen LogP contribution in [0.3, 0.4) is 0 Å². The average Bonchev–Trinajstić information content (AvgIpc) is 3.03. The number of aromatic nitrogens is 1. The zero-order chi connectivity index (χ0) is 18.9. The fourth-order valence-corrected chi connectivity index (χ4v) is 3.11. The summed E-state index contributed by atoms with van der Waals surface area (Å²) in [5.41, 5.74) is 2.74. The molecule has 6 heteroatoms. The molecule has 2 aromatic rings. The first-order valence-corrected chi connectivity index (χ1v) is 10.00. The molecule has 0 atom stereocenters. The van der Waals surface area contributed by atoms with Gasteiger partial charge < -0.3 is 10.6 Å². The van der Waals surface area contributed by atoms with Gasteiger partial charge in [0.15, 0.2) is 5.13 Å². The maximum absolute atomic E-state index is 12.2. The Balaban J connectivity index is 1.83. The van der Waals surface area contributed by atoms with E-state index in [-0.39, 0.29) is 24.2 Å². The van der Waals surface area contributed by atoms with E-state index in [1.165, 1.54) is 36.2 Å². The number of carbonyl (C=O) groups excluding carboxylic acids is 2. The molecule has 0 radical (unpaired) electrons. The second-order valence-electron chi connectivity index (χ2n) is 6.67. The number of anilines is 2. The molecule has 2 amide bonds. The standard InChI is InChI=1S/C20H27N3O2S/c1-4-5-6-7-15-8-10-16(11-9-15)21-18(24)12-17-13-26-20(22-17)23-19(25)14(2)3/h8-11,13-14H,4-7,12H2,1-3H3,(H,21,24)(H,22,23,25). The van der Waals surface area contributed by atoms with Crippen molar-refractivity contribution in [3.05, 3.63) is 40.9 Å². The maximum atomic E-state index is 12.2. The lowest BCUT2D eigenvalue weighted by Gasteiger charge is -2.06. The van der Waals surface area contributed by atoms with Crippen molar-refractivity contribution >= 4 is 34.0 Å². The normalized spacial score (nSPS) is 10.8. The fourth-order valence-electron chi connectivity index (χ4n) is 2.40. The van der Waals surface area contributed by atoms with Crippen LogP contribution < -0.4 is 10.6 Å². The minimum atomic E-state index is -0.115. The summed E-state index contributed by atoms with van der Waals surface area (Å²) < 4.78 is 0. The van der Waals surface area contributed by atoms with Crippen LogP contribution in [0.25, 0.3) is 0 Å². The SMILES string of the molecule is CCCCCc1ccc(NC(=O)Cc2csc(NC(=O)C(C)C)n2)cc1. The first-order chi connectivity index (χ1) is 12.5. The van der Waals surface area contributed by atoms with Gasteiger partial charge in [-0.15, -0.1) is 11.3 Å². The molecule has 0 saturated carbocycles. The zero-order valence-electron chi connectivity index (χ0n) is 15.7. The molecule has 26 heavy (non-hydrogen) atoms. The minimum Gasteiger partial charge on any atom is -0.326 e. The summed E-state index contributed by atoms with van der Waals surface area (Å²) in [4.78, 5) is 28.2. The van der Waals surface area contributed by atoms with Gasteiger partial charge in [-0.2, -0.15) is 0 Å². The highest BCUT2D eigenvalue weighted by atomic mass is 32.1. The van der Waals surface area contributed by atoms with Gasteiger partial charge in [0.25, 0.3) is 0 Å². The Bertz CT molecular complexity index is 723. The number of rotatable bonds is 9. The van der Waals surface area contributed by atoms with Crippen LogP contribution in [0.15, 0.2) is 29.6 Å². The van der Waals surface area contributed by atoms with Gasteiger partial charge in [0.2, 0.25) is 11.8 Å². The number of amides is 2. The van der Waals surface area contributed by atoms with Gasteiger partial charge in [-0.1, -0.05) is 45.7 Å². The van der Waals surface area contributed by atoms with Gasteiger partial charge in [0.05, 0.1) is 12.1 Å². The molecule has 2 rings (SSSR count). The highest BCUT2D eigenvalue weighted by Gasteiger charge is 2.12. The topological polar surface area (TPSA) is 71.1 Å². The molecule has 0 aliphatic carbocycles. The molecule has 1 aromatic carbocycles. The Morgan fingerprint density at radius 2 is 1.85 bits per heavy atom. The van der Waals surface area contributed by atoms with E-state index in [2.05, 4.69) is 34.7 Å². The predicted octanol–water partition coefficient (Wildman–Crippen LogP) is 4.65. The molecule has 0 spiro atoms. The lowest BCUT2D eigenvalue weighted by atomic mass is 10.1. The number of unbranched alkanes of at least 4 members (excludes halogenated alkanes) is 2. The smallest absolute Gasteiger partial charge is 0.230 e. The molecule has 0 aliphatic rings. The van der Waals surface area contributed by atoms with E-state index in [0.29, 0.717) is 10.8 Å². The first kappa shape index (κ1) is 20.1. The third-order valence-electron chi connectivity index (χ3n) is 3.95. The summed E-state index contributed by atoms with van der Waals surface area (Å²) in [7, 11) is 0. The largest absolute Gasteiger partial charge is 0.326 e. The van der Waals surface area contributed by atoms with Crippen molar-refractivity contribution in [3.63, 3.8) is 0 Å². The van der Waals surface area contributed by atoms with Crippen molar-refractivity contribution in [3.8, 4) is 0 Å². The molecular weight excluding hydrogens is 346 g/mol. The maximum Gasteiger partial charge on any atom is 0.230 e. The van der Waals surface area contributed by atoms with Gasteiger partial charge in [-0.05, 0) is 30.5 Å². The molecule has 2 N–H and O–H groups in total. The molecule has 5 nitrogen and oxygen atoms in total. The Morgan fingerprint density at radius 1 is 1.12 bits per heavy atom. The van der Waals surface area contributed by atoms with E-state index in [1.807, 2.05) is 26.0 Å². The summed E-state index contributed by atoms with van der Waals surface area (Å²) in [6, 6.07) is 8.00. The van der Waals surface area contributed by atoms with E-state index >= 15 is 0 Å². The van der Waals surface area contributed by atoms with E-state index < -0.39 is 0 Å². The molecule has 0 bridgehead atoms. The van der Waals surface area contributed by atoms with Crippen LogP contribution >= 0.6 is 11.3 Å². The summed E-state index contributed by atoms with van der Waals surface area (Å²) >= 11 is 1.33. The van der Waals surface area contributed by atoms with Crippen LogP contribution in [-0.4, -0.2) is 16.8 Å². The van der Waals surface area contributed by atoms with Crippen LogP contribution in [0.2, 0.25) is 0 Å². The van der Waals surface area contributed by atoms with Crippen molar-refractivity contribution in [1.29, 1.82) is 0 Å². The molecule has 1 aromatic heterocycles. The highest BCUT2D eigenvalue weighted by molar-refractivity contribution is 7.13. The number of hydrogen-bond acceptors (Lipinski definition) is 4. The van der Waals surface area contributed by atoms with Crippen LogP contribution in [-0.2, 0) is 22.4 Å². The average molecular weight is 374 g/mol. The minimum absolute atomic E-state index is 0.0747. The third kappa shape index (κ3) is 6.59. The van der Waals surface area contributed by atoms with Crippen molar-refractivity contribution in [2.75, 3.05) is 10.6 Å². The first-order valence-electron chi connectivity index (χ1n) is 9.12. The second kappa shape index (κ2) is 10.1. The zero-order valence-corrected chi connectivity index (χ0v) is 16.5. The predicted molar refractivity (Wildman–Crippen MR) is 108 cm³/mol. The number of carbonyl (C=O) groups is 2. The summed E-state index contributed by atoms with van der Waals surface area (Å²) in [6.07, 6.45) is 4.92. The monoisotopic (exact) mass is 373 g/mol. The van der Waals surface area contributed by atoms with Crippen LogP contribution in [0.4, 0.5) is 10.8 Å². The van der Waals surface area contributed by atoms with E-state index in [0.717, 1.165) is 12.1 Å². The molecule has 0 unspecified atom stereocenters. The van der Waals surface area contributed by atoms with Gasteiger partial charge >= 0.3 is 0 Å². The van der Waals surface area contributed by atoms with E-state index in [4.69, 9.17) is 0 Å². The quantitative estimate of drug-likeness (QED) is 0.628. The van der Waals surface area contributed by atoms with Gasteiger partial charge in [0, 0.05) is 17.0 Å². The van der Waals surface area contributed by atoms with Crippen LogP contribution in [0, 0.1) is 5.92 Å². The van der Waals surface area contributed by atoms with E-state index in [9.17, 15) is 9.59 Å². The second-order valence-corrected chi connectivity index (χ2v) is 7.53. The highest BCUT2D eigenvalue weighted by Crippen LogP contribution is 2.18. The lowest BCUT2D eigenvalue weighted by Crippen LogP contribution is -2.18. The van der Waals surface area contributed by atoms with Gasteiger partial charge in [0.1, 0.15) is 0 Å². The Labute approximate surface area is 159 Å². The molecule has 0 fully saturated rings. The van der Waals surface area contributed by atoms with Gasteiger partial charge in [-0.3, -0.25) is 9.59 Å². The van der Waals surface area contributed by atoms with Crippen molar-refractivity contribution in [2.45, 2.75) is 52.9 Å². The molecule has 0 aliphatic heterocycles.